The van der Waals surface area contributed by atoms with E-state index in [0.717, 1.165) is 32.1 Å². The Labute approximate surface area is 267 Å². The number of hydrogen-bond donors (Lipinski definition) is 0. The number of fused-ring (bicyclic) bond motifs is 2. The number of carbonyl (C=O) groups excluding carboxylic acids is 1. The first-order valence-corrected chi connectivity index (χ1v) is 16.0. The van der Waals surface area contributed by atoms with Crippen LogP contribution in [0, 0.1) is 5.92 Å². The molecular weight excluding hydrogens is 640 g/mol. The van der Waals surface area contributed by atoms with Crippen molar-refractivity contribution in [1.29, 1.82) is 0 Å². The summed E-state index contributed by atoms with van der Waals surface area (Å²) in [5, 5.41) is 1.85. The molecule has 224 valence electrons. The molecule has 0 amide bonds. The van der Waals surface area contributed by atoms with Gasteiger partial charge < -0.3 is 14.2 Å². The van der Waals surface area contributed by atoms with Crippen molar-refractivity contribution < 1.29 is 19.0 Å². The molecule has 0 unspecified atom stereocenters. The van der Waals surface area contributed by atoms with Crippen LogP contribution >= 0.6 is 27.3 Å². The number of benzene rings is 3. The quantitative estimate of drug-likeness (QED) is 0.205. The molecule has 2 aliphatic rings. The lowest BCUT2D eigenvalue weighted by molar-refractivity contribution is -0.139. The predicted octanol–water partition coefficient (Wildman–Crippen LogP) is 6.31. The van der Waals surface area contributed by atoms with Crippen LogP contribution in [0.1, 0.15) is 37.4 Å². The number of rotatable bonds is 8. The van der Waals surface area contributed by atoms with Gasteiger partial charge in [-0.15, -0.1) is 0 Å². The molecule has 1 aromatic heterocycles. The van der Waals surface area contributed by atoms with Crippen LogP contribution in [-0.2, 0) is 20.9 Å². The summed E-state index contributed by atoms with van der Waals surface area (Å²) in [5.41, 5.74) is 2.43. The third-order valence-electron chi connectivity index (χ3n) is 7.72. The maximum atomic E-state index is 14.2. The maximum Gasteiger partial charge on any atom is 0.338 e. The van der Waals surface area contributed by atoms with Crippen LogP contribution in [0.15, 0.2) is 110 Å². The molecule has 2 atom stereocenters. The Morgan fingerprint density at radius 1 is 1.11 bits per heavy atom. The molecule has 2 heterocycles. The van der Waals surface area contributed by atoms with E-state index in [1.807, 2.05) is 85.0 Å². The van der Waals surface area contributed by atoms with Crippen LogP contribution < -0.4 is 19.6 Å². The summed E-state index contributed by atoms with van der Waals surface area (Å²) in [5.74, 6) is 0.811. The third kappa shape index (κ3) is 5.69. The average molecular weight is 672 g/mol. The van der Waals surface area contributed by atoms with Gasteiger partial charge in [0.25, 0.3) is 5.56 Å². The van der Waals surface area contributed by atoms with Crippen LogP contribution in [0.25, 0.3) is 16.8 Å². The minimum Gasteiger partial charge on any atom is -0.496 e. The van der Waals surface area contributed by atoms with Crippen LogP contribution in [0.3, 0.4) is 0 Å². The first-order valence-electron chi connectivity index (χ1n) is 14.4. The van der Waals surface area contributed by atoms with Gasteiger partial charge in [0.05, 0.1) is 29.5 Å². The molecule has 0 radical (unpaired) electrons. The van der Waals surface area contributed by atoms with Crippen LogP contribution in [0.5, 0.6) is 5.75 Å². The molecule has 3 aromatic carbocycles. The molecule has 7 nitrogen and oxygen atoms in total. The smallest absolute Gasteiger partial charge is 0.338 e. The lowest BCUT2D eigenvalue weighted by Crippen LogP contribution is -2.40. The second-order valence-corrected chi connectivity index (χ2v) is 12.5. The number of methoxy groups -OCH3 is 1. The predicted molar refractivity (Wildman–Crippen MR) is 176 cm³/mol. The summed E-state index contributed by atoms with van der Waals surface area (Å²) in [7, 11) is 1.59. The van der Waals surface area contributed by atoms with Crippen molar-refractivity contribution >= 4 is 50.1 Å². The lowest BCUT2D eigenvalue weighted by atomic mass is 9.90. The van der Waals surface area contributed by atoms with Crippen molar-refractivity contribution in [3.63, 3.8) is 0 Å². The number of ether oxygens (including phenoxy) is 3. The number of carbonyl (C=O) groups is 1. The summed E-state index contributed by atoms with van der Waals surface area (Å²) in [6, 6.07) is 21.0. The summed E-state index contributed by atoms with van der Waals surface area (Å²) in [4.78, 5) is 33.0. The van der Waals surface area contributed by atoms with Crippen LogP contribution in [0.4, 0.5) is 0 Å². The van der Waals surface area contributed by atoms with E-state index in [4.69, 9.17) is 19.2 Å². The molecule has 6 rings (SSSR count). The van der Waals surface area contributed by atoms with Gasteiger partial charge in [0.15, 0.2) is 4.80 Å². The highest BCUT2D eigenvalue weighted by Crippen LogP contribution is 2.40. The van der Waals surface area contributed by atoms with Crippen molar-refractivity contribution in [3.8, 4) is 5.75 Å². The highest BCUT2D eigenvalue weighted by Gasteiger charge is 2.36. The summed E-state index contributed by atoms with van der Waals surface area (Å²) < 4.78 is 20.5. The van der Waals surface area contributed by atoms with Crippen LogP contribution in [0.2, 0.25) is 0 Å². The molecule has 0 N–H and O–H groups in total. The number of thiazole rings is 1. The van der Waals surface area contributed by atoms with E-state index < -0.39 is 12.0 Å². The average Bonchev–Trinajstić information content (AvgIpc) is 3.33. The minimum absolute atomic E-state index is 0.0361. The van der Waals surface area contributed by atoms with Crippen molar-refractivity contribution in [1.82, 2.24) is 4.57 Å². The Balaban J connectivity index is 1.42. The zero-order valence-corrected chi connectivity index (χ0v) is 27.0. The van der Waals surface area contributed by atoms with Gasteiger partial charge in [0.2, 0.25) is 0 Å². The second-order valence-electron chi connectivity index (χ2n) is 10.5. The summed E-state index contributed by atoms with van der Waals surface area (Å²) in [6.07, 6.45) is 6.61. The van der Waals surface area contributed by atoms with Gasteiger partial charge in [-0.2, -0.15) is 0 Å². The van der Waals surface area contributed by atoms with E-state index in [1.165, 1.54) is 11.3 Å². The molecule has 0 saturated heterocycles. The van der Waals surface area contributed by atoms with E-state index in [9.17, 15) is 9.59 Å². The maximum absolute atomic E-state index is 14.2. The van der Waals surface area contributed by atoms with E-state index >= 15 is 0 Å². The van der Waals surface area contributed by atoms with Crippen molar-refractivity contribution in [2.75, 3.05) is 13.7 Å². The zero-order chi connectivity index (χ0) is 30.8. The normalized spacial score (nSPS) is 18.3. The fraction of sp³-hybridized carbons (Fsp3) is 0.229. The van der Waals surface area contributed by atoms with Crippen LogP contribution in [-0.4, -0.2) is 24.3 Å². The highest BCUT2D eigenvalue weighted by molar-refractivity contribution is 9.11. The molecule has 4 aromatic rings. The fourth-order valence-corrected chi connectivity index (χ4v) is 7.38. The molecular formula is C35H31BrN2O5S. The van der Waals surface area contributed by atoms with Gasteiger partial charge in [-0.25, -0.2) is 9.79 Å². The second kappa shape index (κ2) is 12.8. The fourth-order valence-electron chi connectivity index (χ4n) is 5.66. The van der Waals surface area contributed by atoms with Crippen molar-refractivity contribution in [3.05, 3.63) is 131 Å². The van der Waals surface area contributed by atoms with Gasteiger partial charge in [-0.3, -0.25) is 9.36 Å². The standard InChI is InChI=1S/C35H31BrN2O5S/c1-4-42-34(40)30-21(2)37-35-38(32(30)31-25-13-9-8-12-24(25)15-17-28(31)41-3)33(39)29(44-35)19-23-14-16-27(26(36)18-23)43-20-22-10-6-5-7-11-22/h5-17,19,23,32H,4,18,20H2,1-3H3/b29-19-/t23-,32-/m1/s1. The van der Waals surface area contributed by atoms with Gasteiger partial charge in [0, 0.05) is 16.0 Å². The molecule has 44 heavy (non-hydrogen) atoms. The Bertz CT molecular complexity index is 2020. The molecule has 0 fully saturated rings. The Kier molecular flexibility index (Phi) is 8.68. The zero-order valence-electron chi connectivity index (χ0n) is 24.6. The molecule has 0 bridgehead atoms. The van der Waals surface area contributed by atoms with Gasteiger partial charge >= 0.3 is 5.97 Å². The first kappa shape index (κ1) is 29.8. The van der Waals surface area contributed by atoms with Crippen molar-refractivity contribution in [2.24, 2.45) is 10.9 Å². The highest BCUT2D eigenvalue weighted by atomic mass is 79.9. The SMILES string of the molecule is CCOC(=O)C1=C(C)N=c2s/c(=C\[C@@H]3C=CC(OCc4ccccc4)=C(Br)C3)c(=O)n2[C@H]1c1c(OC)ccc2ccccc12. The number of allylic oxidation sites excluding steroid dienone is 4. The van der Waals surface area contributed by atoms with Gasteiger partial charge in [-0.1, -0.05) is 100 Å². The number of halogens is 1. The molecule has 9 heteroatoms. The number of hydrogen-bond acceptors (Lipinski definition) is 7. The van der Waals surface area contributed by atoms with E-state index in [0.29, 0.717) is 39.4 Å². The number of aromatic nitrogens is 1. The van der Waals surface area contributed by atoms with Gasteiger partial charge in [-0.05, 0) is 48.7 Å². The first-order chi connectivity index (χ1) is 21.4. The minimum atomic E-state index is -0.778. The lowest BCUT2D eigenvalue weighted by Gasteiger charge is -2.27. The van der Waals surface area contributed by atoms with Gasteiger partial charge in [0.1, 0.15) is 24.2 Å². The Hall–Kier alpha value is -4.21. The summed E-state index contributed by atoms with van der Waals surface area (Å²) >= 11 is 5.01. The third-order valence-corrected chi connectivity index (χ3v) is 9.44. The van der Waals surface area contributed by atoms with Crippen molar-refractivity contribution in [2.45, 2.75) is 32.9 Å². The van der Waals surface area contributed by atoms with E-state index in [1.54, 1.807) is 25.5 Å². The molecule has 0 spiro atoms. The Morgan fingerprint density at radius 2 is 1.89 bits per heavy atom. The summed E-state index contributed by atoms with van der Waals surface area (Å²) in [6.45, 7) is 4.22. The Morgan fingerprint density at radius 3 is 2.64 bits per heavy atom. The largest absolute Gasteiger partial charge is 0.496 e. The van der Waals surface area contributed by atoms with E-state index in [-0.39, 0.29) is 18.1 Å². The molecule has 1 aliphatic heterocycles. The monoisotopic (exact) mass is 670 g/mol. The molecule has 0 saturated carbocycles. The molecule has 1 aliphatic carbocycles. The topological polar surface area (TPSA) is 79.1 Å². The number of esters is 1. The van der Waals surface area contributed by atoms with E-state index in [2.05, 4.69) is 15.9 Å². The number of nitrogens with zero attached hydrogens (tertiary/aromatic N) is 2.